The summed E-state index contributed by atoms with van der Waals surface area (Å²) in [4.78, 5) is 28.1. The third-order valence-corrected chi connectivity index (χ3v) is 8.43. The second kappa shape index (κ2) is 13.1. The van der Waals surface area contributed by atoms with Gasteiger partial charge < -0.3 is 10.2 Å². The molecule has 2 amide bonds. The summed E-state index contributed by atoms with van der Waals surface area (Å²) in [6.07, 6.45) is 0.732. The number of sulfonamides is 1. The molecule has 0 spiro atoms. The molecule has 202 valence electrons. The Bertz CT molecular complexity index is 1360. The Labute approximate surface area is 234 Å². The van der Waals surface area contributed by atoms with Crippen molar-refractivity contribution in [1.82, 2.24) is 10.2 Å². The van der Waals surface area contributed by atoms with Gasteiger partial charge in [-0.25, -0.2) is 8.42 Å². The number of nitrogens with zero attached hydrogens (tertiary/aromatic N) is 2. The number of halogens is 2. The van der Waals surface area contributed by atoms with Gasteiger partial charge >= 0.3 is 0 Å². The molecule has 0 heterocycles. The summed E-state index contributed by atoms with van der Waals surface area (Å²) in [5, 5.41) is 3.67. The van der Waals surface area contributed by atoms with Crippen LogP contribution in [0.25, 0.3) is 0 Å². The van der Waals surface area contributed by atoms with Crippen molar-refractivity contribution in [2.75, 3.05) is 17.4 Å². The van der Waals surface area contributed by atoms with Gasteiger partial charge in [0.1, 0.15) is 12.6 Å². The molecule has 10 heteroatoms. The van der Waals surface area contributed by atoms with Crippen LogP contribution in [0.1, 0.15) is 31.4 Å². The number of rotatable bonds is 11. The largest absolute Gasteiger partial charge is 0.354 e. The number of anilines is 1. The van der Waals surface area contributed by atoms with Crippen LogP contribution in [0, 0.1) is 6.92 Å². The van der Waals surface area contributed by atoms with Crippen molar-refractivity contribution in [1.29, 1.82) is 0 Å². The van der Waals surface area contributed by atoms with Gasteiger partial charge in [-0.15, -0.1) is 0 Å². The summed E-state index contributed by atoms with van der Waals surface area (Å²) in [5.41, 5.74) is 1.80. The van der Waals surface area contributed by atoms with Crippen molar-refractivity contribution in [3.63, 3.8) is 0 Å². The van der Waals surface area contributed by atoms with E-state index in [0.717, 1.165) is 16.3 Å². The van der Waals surface area contributed by atoms with Crippen LogP contribution < -0.4 is 9.62 Å². The molecule has 0 aliphatic heterocycles. The Morgan fingerprint density at radius 1 is 0.947 bits per heavy atom. The van der Waals surface area contributed by atoms with Crippen LogP contribution in [0.4, 0.5) is 5.69 Å². The maximum absolute atomic E-state index is 13.8. The molecule has 3 aromatic rings. The third kappa shape index (κ3) is 7.28. The fourth-order valence-corrected chi connectivity index (χ4v) is 5.50. The summed E-state index contributed by atoms with van der Waals surface area (Å²) < 4.78 is 28.6. The topological polar surface area (TPSA) is 86.8 Å². The number of amides is 2. The molecule has 7 nitrogen and oxygen atoms in total. The van der Waals surface area contributed by atoms with Crippen LogP contribution in [0.3, 0.4) is 0 Å². The molecular weight excluding hydrogens is 545 g/mol. The van der Waals surface area contributed by atoms with Crippen molar-refractivity contribution in [3.8, 4) is 0 Å². The average molecular weight is 577 g/mol. The highest BCUT2D eigenvalue weighted by atomic mass is 35.5. The lowest BCUT2D eigenvalue weighted by Gasteiger charge is -2.32. The Morgan fingerprint density at radius 3 is 2.18 bits per heavy atom. The van der Waals surface area contributed by atoms with Crippen molar-refractivity contribution in [2.45, 2.75) is 44.7 Å². The summed E-state index contributed by atoms with van der Waals surface area (Å²) in [7, 11) is -4.14. The third-order valence-electron chi connectivity index (χ3n) is 6.02. The van der Waals surface area contributed by atoms with Crippen LogP contribution in [0.5, 0.6) is 0 Å². The predicted molar refractivity (Wildman–Crippen MR) is 152 cm³/mol. The molecule has 3 rings (SSSR count). The number of carbonyl (C=O) groups is 2. The van der Waals surface area contributed by atoms with Gasteiger partial charge in [-0.05, 0) is 68.3 Å². The van der Waals surface area contributed by atoms with E-state index in [1.54, 1.807) is 55.5 Å². The van der Waals surface area contributed by atoms with Crippen molar-refractivity contribution in [3.05, 3.63) is 94.0 Å². The summed E-state index contributed by atoms with van der Waals surface area (Å²) >= 11 is 12.4. The lowest BCUT2D eigenvalue weighted by Crippen LogP contribution is -2.51. The fraction of sp³-hybridized carbons (Fsp3) is 0.286. The highest BCUT2D eigenvalue weighted by molar-refractivity contribution is 7.92. The van der Waals surface area contributed by atoms with Gasteiger partial charge in [0.25, 0.3) is 10.0 Å². The highest BCUT2D eigenvalue weighted by Gasteiger charge is 2.32. The summed E-state index contributed by atoms with van der Waals surface area (Å²) in [6, 6.07) is 18.7. The first-order valence-corrected chi connectivity index (χ1v) is 14.4. The minimum absolute atomic E-state index is 0.0260. The van der Waals surface area contributed by atoms with Crippen molar-refractivity contribution in [2.24, 2.45) is 0 Å². The van der Waals surface area contributed by atoms with Gasteiger partial charge in [0, 0.05) is 23.1 Å². The molecule has 3 aromatic carbocycles. The number of benzene rings is 3. The van der Waals surface area contributed by atoms with E-state index < -0.39 is 28.5 Å². The first-order valence-electron chi connectivity index (χ1n) is 12.2. The van der Waals surface area contributed by atoms with E-state index in [1.807, 2.05) is 13.8 Å². The van der Waals surface area contributed by atoms with Crippen LogP contribution in [-0.4, -0.2) is 44.3 Å². The second-order valence-corrected chi connectivity index (χ2v) is 11.6. The van der Waals surface area contributed by atoms with Gasteiger partial charge in [0.05, 0.1) is 10.6 Å². The average Bonchev–Trinajstić information content (AvgIpc) is 2.90. The first-order chi connectivity index (χ1) is 18.0. The van der Waals surface area contributed by atoms with Gasteiger partial charge in [0.15, 0.2) is 0 Å². The second-order valence-electron chi connectivity index (χ2n) is 8.88. The maximum Gasteiger partial charge on any atom is 0.264 e. The number of nitrogens with one attached hydrogen (secondary N) is 1. The SMILES string of the molecule is CCCNC(=O)[C@H](C)N(Cc1ccccc1Cl)C(=O)CN(c1ccc(Cl)cc1)S(=O)(=O)c1ccc(C)cc1. The van der Waals surface area contributed by atoms with E-state index in [1.165, 1.54) is 29.2 Å². The Morgan fingerprint density at radius 2 is 1.58 bits per heavy atom. The van der Waals surface area contributed by atoms with E-state index in [9.17, 15) is 18.0 Å². The highest BCUT2D eigenvalue weighted by Crippen LogP contribution is 2.26. The Hall–Kier alpha value is -3.07. The molecule has 1 N–H and O–H groups in total. The number of hydrogen-bond acceptors (Lipinski definition) is 4. The van der Waals surface area contributed by atoms with Crippen LogP contribution >= 0.6 is 23.2 Å². The van der Waals surface area contributed by atoms with Crippen molar-refractivity contribution < 1.29 is 18.0 Å². The predicted octanol–water partition coefficient (Wildman–Crippen LogP) is 5.44. The monoisotopic (exact) mass is 575 g/mol. The molecule has 0 aliphatic carbocycles. The molecule has 0 saturated carbocycles. The standard InChI is InChI=1S/C28H31Cl2N3O4S/c1-4-17-31-28(35)21(3)32(18-22-7-5-6-8-26(22)30)27(34)19-33(24-13-11-23(29)12-14-24)38(36,37)25-15-9-20(2)10-16-25/h5-16,21H,4,17-19H2,1-3H3,(H,31,35)/t21-/m0/s1. The minimum atomic E-state index is -4.14. The van der Waals surface area contributed by atoms with E-state index in [-0.39, 0.29) is 23.0 Å². The smallest absolute Gasteiger partial charge is 0.264 e. The van der Waals surface area contributed by atoms with Gasteiger partial charge in [0.2, 0.25) is 11.8 Å². The zero-order chi connectivity index (χ0) is 27.9. The lowest BCUT2D eigenvalue weighted by atomic mass is 10.1. The van der Waals surface area contributed by atoms with E-state index >= 15 is 0 Å². The molecule has 0 radical (unpaired) electrons. The summed E-state index contributed by atoms with van der Waals surface area (Å²) in [6.45, 7) is 5.34. The van der Waals surface area contributed by atoms with Gasteiger partial charge in [-0.1, -0.05) is 66.0 Å². The van der Waals surface area contributed by atoms with Gasteiger partial charge in [-0.2, -0.15) is 0 Å². The molecule has 1 atom stereocenters. The van der Waals surface area contributed by atoms with E-state index in [4.69, 9.17) is 23.2 Å². The molecular formula is C28H31Cl2N3O4S. The molecule has 0 fully saturated rings. The molecule has 0 aliphatic rings. The number of aryl methyl sites for hydroxylation is 1. The maximum atomic E-state index is 13.8. The quantitative estimate of drug-likeness (QED) is 0.330. The zero-order valence-corrected chi connectivity index (χ0v) is 23.9. The molecule has 0 bridgehead atoms. The van der Waals surface area contributed by atoms with Crippen LogP contribution in [-0.2, 0) is 26.2 Å². The molecule has 0 unspecified atom stereocenters. The number of carbonyl (C=O) groups excluding carboxylic acids is 2. The van der Waals surface area contributed by atoms with Crippen molar-refractivity contribution >= 4 is 50.7 Å². The van der Waals surface area contributed by atoms with Crippen LogP contribution in [0.2, 0.25) is 10.0 Å². The van der Waals surface area contributed by atoms with Crippen LogP contribution in [0.15, 0.2) is 77.7 Å². The fourth-order valence-electron chi connectivity index (χ4n) is 3.76. The lowest BCUT2D eigenvalue weighted by molar-refractivity contribution is -0.139. The zero-order valence-electron chi connectivity index (χ0n) is 21.5. The normalized spacial score (nSPS) is 12.0. The molecule has 0 saturated heterocycles. The minimum Gasteiger partial charge on any atom is -0.354 e. The van der Waals surface area contributed by atoms with E-state index in [2.05, 4.69) is 5.32 Å². The van der Waals surface area contributed by atoms with Gasteiger partial charge in [-0.3, -0.25) is 13.9 Å². The Kier molecular flexibility index (Phi) is 10.2. The first kappa shape index (κ1) is 29.5. The molecule has 0 aromatic heterocycles. The summed E-state index contributed by atoms with van der Waals surface area (Å²) in [5.74, 6) is -0.901. The van der Waals surface area contributed by atoms with E-state index in [0.29, 0.717) is 22.2 Å². The molecule has 38 heavy (non-hydrogen) atoms. The number of hydrogen-bond donors (Lipinski definition) is 1. The Balaban J connectivity index is 2.02.